The fourth-order valence-corrected chi connectivity index (χ4v) is 2.57. The van der Waals surface area contributed by atoms with Crippen LogP contribution in [-0.4, -0.2) is 43.5 Å². The number of carbonyl (C=O) groups excluding carboxylic acids is 1. The second kappa shape index (κ2) is 7.81. The Morgan fingerprint density at radius 3 is 2.92 bits per heavy atom. The Morgan fingerprint density at radius 1 is 1.38 bits per heavy atom. The molecule has 1 amide bonds. The highest BCUT2D eigenvalue weighted by molar-refractivity contribution is 5.92. The molecule has 0 aliphatic carbocycles. The largest absolute Gasteiger partial charge is 0.487 e. The van der Waals surface area contributed by atoms with Gasteiger partial charge in [0.05, 0.1) is 30.7 Å². The number of carbonyl (C=O) groups is 1. The molecular formula is C18H22N6O2. The van der Waals surface area contributed by atoms with Crippen molar-refractivity contribution in [3.8, 4) is 5.75 Å². The summed E-state index contributed by atoms with van der Waals surface area (Å²) in [5.74, 6) is 0.420. The van der Waals surface area contributed by atoms with Crippen molar-refractivity contribution >= 4 is 5.91 Å². The topological polar surface area (TPSA) is 97.7 Å². The molecule has 3 rings (SSSR count). The van der Waals surface area contributed by atoms with Gasteiger partial charge in [-0.05, 0) is 45.0 Å². The third kappa shape index (κ3) is 4.47. The molecule has 3 aromatic rings. The van der Waals surface area contributed by atoms with Crippen LogP contribution >= 0.6 is 0 Å². The Balaban J connectivity index is 1.52. The maximum Gasteiger partial charge on any atom is 0.271 e. The van der Waals surface area contributed by atoms with Crippen molar-refractivity contribution < 1.29 is 9.53 Å². The molecule has 8 heteroatoms. The molecule has 0 fully saturated rings. The molecule has 0 radical (unpaired) electrons. The minimum atomic E-state index is -0.248. The molecule has 3 aromatic heterocycles. The average molecular weight is 354 g/mol. The molecule has 1 atom stereocenters. The summed E-state index contributed by atoms with van der Waals surface area (Å²) >= 11 is 0. The monoisotopic (exact) mass is 354 g/mol. The Bertz CT molecular complexity index is 871. The number of nitrogens with zero attached hydrogens (tertiary/aromatic N) is 4. The zero-order valence-electron chi connectivity index (χ0n) is 15.1. The molecule has 26 heavy (non-hydrogen) atoms. The molecule has 0 spiro atoms. The molecule has 136 valence electrons. The second-order valence-electron chi connectivity index (χ2n) is 6.19. The number of aromatic nitrogens is 5. The number of rotatable bonds is 7. The Morgan fingerprint density at radius 2 is 2.23 bits per heavy atom. The quantitative estimate of drug-likeness (QED) is 0.675. The van der Waals surface area contributed by atoms with Crippen molar-refractivity contribution in [2.45, 2.75) is 33.4 Å². The van der Waals surface area contributed by atoms with Gasteiger partial charge in [0, 0.05) is 11.9 Å². The van der Waals surface area contributed by atoms with Crippen LogP contribution in [0.2, 0.25) is 0 Å². The summed E-state index contributed by atoms with van der Waals surface area (Å²) < 4.78 is 7.55. The van der Waals surface area contributed by atoms with E-state index in [0.29, 0.717) is 24.5 Å². The number of hydrogen-bond donors (Lipinski definition) is 2. The summed E-state index contributed by atoms with van der Waals surface area (Å²) in [5.41, 5.74) is 3.18. The van der Waals surface area contributed by atoms with E-state index in [1.807, 2.05) is 37.6 Å². The second-order valence-corrected chi connectivity index (χ2v) is 6.19. The van der Waals surface area contributed by atoms with Gasteiger partial charge >= 0.3 is 0 Å². The van der Waals surface area contributed by atoms with Gasteiger partial charge in [0.1, 0.15) is 17.5 Å². The first-order chi connectivity index (χ1) is 12.5. The molecule has 0 aliphatic rings. The molecule has 2 N–H and O–H groups in total. The Labute approximate surface area is 151 Å². The summed E-state index contributed by atoms with van der Waals surface area (Å²) in [6, 6.07) is 7.37. The van der Waals surface area contributed by atoms with Gasteiger partial charge in [-0.1, -0.05) is 0 Å². The highest BCUT2D eigenvalue weighted by Gasteiger charge is 2.13. The van der Waals surface area contributed by atoms with Crippen molar-refractivity contribution in [1.82, 2.24) is 30.3 Å². The van der Waals surface area contributed by atoms with Crippen LogP contribution in [0.3, 0.4) is 0 Å². The summed E-state index contributed by atoms with van der Waals surface area (Å²) in [6.45, 7) is 6.73. The maximum absolute atomic E-state index is 12.3. The van der Waals surface area contributed by atoms with E-state index < -0.39 is 0 Å². The van der Waals surface area contributed by atoms with E-state index >= 15 is 0 Å². The lowest BCUT2D eigenvalue weighted by Gasteiger charge is -2.14. The van der Waals surface area contributed by atoms with E-state index in [2.05, 4.69) is 25.6 Å². The minimum absolute atomic E-state index is 0.184. The number of aryl methyl sites for hydroxylation is 2. The summed E-state index contributed by atoms with van der Waals surface area (Å²) in [7, 11) is 0. The molecule has 8 nitrogen and oxygen atoms in total. The van der Waals surface area contributed by atoms with Crippen LogP contribution in [0.1, 0.15) is 34.5 Å². The van der Waals surface area contributed by atoms with Crippen LogP contribution in [0.5, 0.6) is 5.75 Å². The Kier molecular flexibility index (Phi) is 5.31. The smallest absolute Gasteiger partial charge is 0.271 e. The lowest BCUT2D eigenvalue weighted by molar-refractivity contribution is 0.0927. The summed E-state index contributed by atoms with van der Waals surface area (Å²) in [6.07, 6.45) is 3.13. The van der Waals surface area contributed by atoms with Gasteiger partial charge < -0.3 is 10.1 Å². The van der Waals surface area contributed by atoms with E-state index in [-0.39, 0.29) is 12.0 Å². The lowest BCUT2D eigenvalue weighted by Crippen LogP contribution is -2.33. The predicted molar refractivity (Wildman–Crippen MR) is 96.1 cm³/mol. The zero-order valence-corrected chi connectivity index (χ0v) is 15.1. The predicted octanol–water partition coefficient (Wildman–Crippen LogP) is 1.86. The van der Waals surface area contributed by atoms with Crippen LogP contribution in [0, 0.1) is 13.8 Å². The zero-order chi connectivity index (χ0) is 18.5. The van der Waals surface area contributed by atoms with Crippen LogP contribution in [0.15, 0.2) is 36.7 Å². The molecule has 0 saturated carbocycles. The Hall–Kier alpha value is -3.16. The number of H-pyrrole nitrogens is 1. The number of aromatic amines is 1. The summed E-state index contributed by atoms with van der Waals surface area (Å²) in [4.78, 5) is 16.2. The van der Waals surface area contributed by atoms with E-state index in [1.54, 1.807) is 24.5 Å². The summed E-state index contributed by atoms with van der Waals surface area (Å²) in [5, 5.41) is 14.2. The minimum Gasteiger partial charge on any atom is -0.487 e. The normalized spacial score (nSPS) is 12.0. The SMILES string of the molecule is Cc1cc(C)n(Cc2cc(C(=O)NC[C@H](C)Oc3cccnc3)n[nH]2)n1. The lowest BCUT2D eigenvalue weighted by atomic mass is 10.3. The van der Waals surface area contributed by atoms with Crippen LogP contribution in [0.25, 0.3) is 0 Å². The standard InChI is InChI=1S/C18H22N6O2/c1-12-7-13(2)24(23-12)11-15-8-17(22-21-15)18(25)20-9-14(3)26-16-5-4-6-19-10-16/h4-8,10,14H,9,11H2,1-3H3,(H,20,25)(H,21,22)/t14-/m0/s1. The number of pyridine rings is 1. The number of nitrogens with one attached hydrogen (secondary N) is 2. The van der Waals surface area contributed by atoms with Crippen molar-refractivity contribution in [2.24, 2.45) is 0 Å². The van der Waals surface area contributed by atoms with Gasteiger partial charge in [-0.2, -0.15) is 10.2 Å². The number of ether oxygens (including phenoxy) is 1. The van der Waals surface area contributed by atoms with Crippen LogP contribution in [-0.2, 0) is 6.54 Å². The fourth-order valence-electron chi connectivity index (χ4n) is 2.57. The van der Waals surface area contributed by atoms with Gasteiger partial charge in [0.2, 0.25) is 0 Å². The number of hydrogen-bond acceptors (Lipinski definition) is 5. The van der Waals surface area contributed by atoms with Gasteiger partial charge in [-0.15, -0.1) is 0 Å². The van der Waals surface area contributed by atoms with Crippen LogP contribution < -0.4 is 10.1 Å². The first-order valence-corrected chi connectivity index (χ1v) is 8.41. The van der Waals surface area contributed by atoms with Crippen molar-refractivity contribution in [3.63, 3.8) is 0 Å². The van der Waals surface area contributed by atoms with E-state index in [0.717, 1.165) is 17.1 Å². The van der Waals surface area contributed by atoms with E-state index in [1.165, 1.54) is 0 Å². The third-order valence-corrected chi connectivity index (χ3v) is 3.81. The van der Waals surface area contributed by atoms with Crippen molar-refractivity contribution in [2.75, 3.05) is 6.54 Å². The average Bonchev–Trinajstić information content (AvgIpc) is 3.20. The molecule has 0 bridgehead atoms. The van der Waals surface area contributed by atoms with Crippen LogP contribution in [0.4, 0.5) is 0 Å². The molecule has 0 aromatic carbocycles. The molecule has 0 saturated heterocycles. The van der Waals surface area contributed by atoms with Gasteiger partial charge in [0.25, 0.3) is 5.91 Å². The first kappa shape index (κ1) is 17.7. The fraction of sp³-hybridized carbons (Fsp3) is 0.333. The van der Waals surface area contributed by atoms with Gasteiger partial charge in [-0.3, -0.25) is 19.6 Å². The van der Waals surface area contributed by atoms with Crippen molar-refractivity contribution in [1.29, 1.82) is 0 Å². The maximum atomic E-state index is 12.3. The van der Waals surface area contributed by atoms with E-state index in [9.17, 15) is 4.79 Å². The third-order valence-electron chi connectivity index (χ3n) is 3.81. The van der Waals surface area contributed by atoms with Crippen molar-refractivity contribution in [3.05, 3.63) is 59.4 Å². The molecular weight excluding hydrogens is 332 g/mol. The first-order valence-electron chi connectivity index (χ1n) is 8.41. The highest BCUT2D eigenvalue weighted by atomic mass is 16.5. The van der Waals surface area contributed by atoms with E-state index in [4.69, 9.17) is 4.74 Å². The molecule has 0 unspecified atom stereocenters. The molecule has 0 aliphatic heterocycles. The van der Waals surface area contributed by atoms with Gasteiger partial charge in [-0.25, -0.2) is 0 Å². The molecule has 3 heterocycles. The number of amides is 1. The highest BCUT2D eigenvalue weighted by Crippen LogP contribution is 2.09. The van der Waals surface area contributed by atoms with Gasteiger partial charge in [0.15, 0.2) is 0 Å².